The van der Waals surface area contributed by atoms with Crippen LogP contribution in [0.15, 0.2) is 60.7 Å². The summed E-state index contributed by atoms with van der Waals surface area (Å²) >= 11 is 6.18. The zero-order valence-electron chi connectivity index (χ0n) is 20.5. The number of amides is 3. The Kier molecular flexibility index (Phi) is 7.02. The first-order chi connectivity index (χ1) is 18.2. The monoisotopic (exact) mass is 556 g/mol. The van der Waals surface area contributed by atoms with Gasteiger partial charge in [-0.15, -0.1) is 0 Å². The van der Waals surface area contributed by atoms with E-state index in [0.717, 1.165) is 12.1 Å². The molecule has 3 aromatic rings. The maximum absolute atomic E-state index is 13.5. The molecule has 0 radical (unpaired) electrons. The van der Waals surface area contributed by atoms with Gasteiger partial charge in [0.05, 0.1) is 35.0 Å². The van der Waals surface area contributed by atoms with Crippen molar-refractivity contribution in [3.05, 3.63) is 87.9 Å². The van der Waals surface area contributed by atoms with Gasteiger partial charge in [-0.25, -0.2) is 14.5 Å². The number of halogens is 4. The number of aromatic carboxylic acids is 1. The summed E-state index contributed by atoms with van der Waals surface area (Å²) in [4.78, 5) is 39.8. The minimum Gasteiger partial charge on any atom is -0.478 e. The number of alkyl halides is 3. The molecule has 0 bridgehead atoms. The zero-order chi connectivity index (χ0) is 28.7. The summed E-state index contributed by atoms with van der Waals surface area (Å²) in [6.07, 6.45) is -4.87. The third-order valence-corrected chi connectivity index (χ3v) is 6.56. The Labute approximate surface area is 225 Å². The van der Waals surface area contributed by atoms with Crippen molar-refractivity contribution in [3.8, 4) is 6.07 Å². The molecule has 3 amide bonds. The van der Waals surface area contributed by atoms with Gasteiger partial charge in [-0.05, 0) is 74.0 Å². The van der Waals surface area contributed by atoms with Gasteiger partial charge in [0.2, 0.25) is 0 Å². The molecule has 39 heavy (non-hydrogen) atoms. The van der Waals surface area contributed by atoms with Crippen molar-refractivity contribution in [2.45, 2.75) is 32.1 Å². The first-order valence-corrected chi connectivity index (χ1v) is 11.8. The van der Waals surface area contributed by atoms with E-state index in [2.05, 4.69) is 5.32 Å². The van der Waals surface area contributed by atoms with Crippen LogP contribution < -0.4 is 10.2 Å². The Bertz CT molecular complexity index is 1530. The predicted molar refractivity (Wildman–Crippen MR) is 137 cm³/mol. The molecular weight excluding hydrogens is 537 g/mol. The molecule has 1 heterocycles. The highest BCUT2D eigenvalue weighted by molar-refractivity contribution is 6.31. The van der Waals surface area contributed by atoms with E-state index in [-0.39, 0.29) is 17.8 Å². The quantitative estimate of drug-likeness (QED) is 0.339. The van der Waals surface area contributed by atoms with Crippen LogP contribution in [0.25, 0.3) is 0 Å². The Balaban J connectivity index is 1.68. The van der Waals surface area contributed by atoms with E-state index in [1.165, 1.54) is 36.9 Å². The predicted octanol–water partition coefficient (Wildman–Crippen LogP) is 6.42. The molecule has 1 fully saturated rings. The molecule has 12 heteroatoms. The maximum atomic E-state index is 13.5. The van der Waals surface area contributed by atoms with E-state index in [0.29, 0.717) is 32.9 Å². The maximum Gasteiger partial charge on any atom is 0.417 e. The lowest BCUT2D eigenvalue weighted by Crippen LogP contribution is -2.43. The highest BCUT2D eigenvalue weighted by atomic mass is 35.5. The third-order valence-electron chi connectivity index (χ3n) is 6.32. The average Bonchev–Trinajstić information content (AvgIpc) is 3.03. The van der Waals surface area contributed by atoms with Crippen LogP contribution in [0.1, 0.15) is 40.9 Å². The average molecular weight is 557 g/mol. The van der Waals surface area contributed by atoms with Crippen LogP contribution in [0.5, 0.6) is 0 Å². The summed E-state index contributed by atoms with van der Waals surface area (Å²) in [6, 6.07) is 14.0. The van der Waals surface area contributed by atoms with Crippen LogP contribution in [0.2, 0.25) is 5.02 Å². The van der Waals surface area contributed by atoms with Crippen LogP contribution >= 0.6 is 11.6 Å². The van der Waals surface area contributed by atoms with Gasteiger partial charge in [0, 0.05) is 16.4 Å². The highest BCUT2D eigenvalue weighted by Crippen LogP contribution is 2.39. The summed E-state index contributed by atoms with van der Waals surface area (Å²) in [6.45, 7) is 2.85. The van der Waals surface area contributed by atoms with Gasteiger partial charge in [0.25, 0.3) is 5.91 Å². The van der Waals surface area contributed by atoms with Crippen molar-refractivity contribution in [2.75, 3.05) is 10.2 Å². The van der Waals surface area contributed by atoms with Gasteiger partial charge < -0.3 is 15.3 Å². The van der Waals surface area contributed by atoms with E-state index < -0.39 is 40.7 Å². The topological polar surface area (TPSA) is 114 Å². The number of anilines is 3. The summed E-state index contributed by atoms with van der Waals surface area (Å²) < 4.78 is 40.6. The molecule has 4 rings (SSSR count). The van der Waals surface area contributed by atoms with Crippen molar-refractivity contribution in [2.24, 2.45) is 0 Å². The molecular formula is C27H20ClF3N4O4. The van der Waals surface area contributed by atoms with Crippen LogP contribution in [-0.4, -0.2) is 33.5 Å². The smallest absolute Gasteiger partial charge is 0.417 e. The lowest BCUT2D eigenvalue weighted by molar-refractivity contribution is -0.137. The Morgan fingerprint density at radius 1 is 1.08 bits per heavy atom. The molecule has 0 unspecified atom stereocenters. The molecule has 0 aromatic heterocycles. The van der Waals surface area contributed by atoms with Crippen molar-refractivity contribution >= 4 is 46.6 Å². The van der Waals surface area contributed by atoms with E-state index in [1.54, 1.807) is 30.3 Å². The second-order valence-corrected chi connectivity index (χ2v) is 9.65. The van der Waals surface area contributed by atoms with E-state index >= 15 is 0 Å². The Hall–Kier alpha value is -4.56. The first kappa shape index (κ1) is 27.5. The van der Waals surface area contributed by atoms with Gasteiger partial charge in [0.15, 0.2) is 0 Å². The molecule has 2 N–H and O–H groups in total. The second kappa shape index (κ2) is 9.96. The lowest BCUT2D eigenvalue weighted by Gasteiger charge is -2.28. The molecule has 0 saturated carbocycles. The fraction of sp³-hybridized carbons (Fsp3) is 0.185. The molecule has 1 aliphatic heterocycles. The van der Waals surface area contributed by atoms with Crippen molar-refractivity contribution in [1.29, 1.82) is 5.26 Å². The molecule has 0 atom stereocenters. The number of carboxylic acid groups (broad SMARTS) is 1. The Morgan fingerprint density at radius 3 is 2.33 bits per heavy atom. The van der Waals surface area contributed by atoms with E-state index in [4.69, 9.17) is 22.0 Å². The molecule has 1 saturated heterocycles. The molecule has 3 aromatic carbocycles. The van der Waals surface area contributed by atoms with Crippen molar-refractivity contribution < 1.29 is 32.7 Å². The van der Waals surface area contributed by atoms with Crippen LogP contribution in [-0.2, 0) is 17.5 Å². The van der Waals surface area contributed by atoms with Gasteiger partial charge in [-0.3, -0.25) is 4.79 Å². The van der Waals surface area contributed by atoms with Crippen LogP contribution in [0.4, 0.5) is 35.0 Å². The zero-order valence-corrected chi connectivity index (χ0v) is 21.3. The minimum absolute atomic E-state index is 0.0892. The number of nitrogens with one attached hydrogen (secondary N) is 1. The van der Waals surface area contributed by atoms with Gasteiger partial charge in [-0.1, -0.05) is 17.7 Å². The van der Waals surface area contributed by atoms with Gasteiger partial charge >= 0.3 is 18.2 Å². The minimum atomic E-state index is -4.87. The summed E-state index contributed by atoms with van der Waals surface area (Å²) in [5.74, 6) is -1.82. The van der Waals surface area contributed by atoms with Crippen LogP contribution in [0.3, 0.4) is 0 Å². The highest BCUT2D eigenvalue weighted by Gasteiger charge is 2.52. The number of nitriles is 1. The number of nitrogens with zero attached hydrogens (tertiary/aromatic N) is 3. The number of benzene rings is 3. The first-order valence-electron chi connectivity index (χ1n) is 11.4. The number of imide groups is 1. The second-order valence-electron chi connectivity index (χ2n) is 9.22. The number of hydrogen-bond donors (Lipinski definition) is 2. The standard InChI is InChI=1S/C27H20ClF3N4O4/c1-26(2)24(38)35(20-10-6-16(13-32)21(12-20)27(29,30)31)25(39)34(26)14-17-3-7-18(28)11-22(17)33-19-8-4-15(5-9-19)23(36)37/h3-12,33H,14H2,1-2H3,(H,36,37). The number of hydrogen-bond acceptors (Lipinski definition) is 5. The largest absolute Gasteiger partial charge is 0.478 e. The normalized spacial score (nSPS) is 14.9. The summed E-state index contributed by atoms with van der Waals surface area (Å²) in [5, 5.41) is 21.7. The van der Waals surface area contributed by atoms with E-state index in [9.17, 15) is 27.6 Å². The van der Waals surface area contributed by atoms with E-state index in [1.807, 2.05) is 0 Å². The number of rotatable bonds is 6. The fourth-order valence-electron chi connectivity index (χ4n) is 4.16. The molecule has 200 valence electrons. The fourth-order valence-corrected chi connectivity index (χ4v) is 4.33. The third kappa shape index (κ3) is 5.24. The van der Waals surface area contributed by atoms with Crippen molar-refractivity contribution in [3.63, 3.8) is 0 Å². The molecule has 0 spiro atoms. The number of carboxylic acids is 1. The van der Waals surface area contributed by atoms with Crippen LogP contribution in [0, 0.1) is 11.3 Å². The molecule has 8 nitrogen and oxygen atoms in total. The number of urea groups is 1. The lowest BCUT2D eigenvalue weighted by atomic mass is 10.0. The Morgan fingerprint density at radius 2 is 1.74 bits per heavy atom. The van der Waals surface area contributed by atoms with Gasteiger partial charge in [-0.2, -0.15) is 18.4 Å². The molecule has 1 aliphatic rings. The number of carbonyl (C=O) groups is 3. The summed E-state index contributed by atoms with van der Waals surface area (Å²) in [7, 11) is 0. The van der Waals surface area contributed by atoms with Gasteiger partial charge in [0.1, 0.15) is 5.54 Å². The van der Waals surface area contributed by atoms with Crippen molar-refractivity contribution in [1.82, 2.24) is 4.90 Å². The SMILES string of the molecule is CC1(C)C(=O)N(c2ccc(C#N)c(C(F)(F)F)c2)C(=O)N1Cc1ccc(Cl)cc1Nc1ccc(C(=O)O)cc1. The molecule has 0 aliphatic carbocycles. The number of carbonyl (C=O) groups excluding carboxylic acids is 2. The summed E-state index contributed by atoms with van der Waals surface area (Å²) in [5.41, 5.74) is -1.99.